The van der Waals surface area contributed by atoms with Gasteiger partial charge in [-0.25, -0.2) is 4.79 Å². The molecule has 0 spiro atoms. The van der Waals surface area contributed by atoms with Gasteiger partial charge in [0.15, 0.2) is 0 Å². The molecule has 10 radical (unpaired) electrons. The first kappa shape index (κ1) is 128. The predicted molar refractivity (Wildman–Crippen MR) is 514 cm³/mol. The van der Waals surface area contributed by atoms with Gasteiger partial charge in [-0.15, -0.1) is 0 Å². The molecule has 0 bridgehead atoms. The number of carbonyl (C=O) groups is 12. The fourth-order valence-electron chi connectivity index (χ4n) is 19.9. The summed E-state index contributed by atoms with van der Waals surface area (Å²) in [6.07, 6.45) is 20.0. The van der Waals surface area contributed by atoms with Crippen LogP contribution >= 0.6 is 0 Å². The van der Waals surface area contributed by atoms with Gasteiger partial charge in [-0.3, -0.25) is 52.7 Å². The number of rotatable bonds is 40. The van der Waals surface area contributed by atoms with Crippen LogP contribution in [0.2, 0.25) is 0 Å². The molecule has 3 saturated heterocycles. The van der Waals surface area contributed by atoms with E-state index < -0.39 is 114 Å². The molecule has 27 nitrogen and oxygen atoms in total. The summed E-state index contributed by atoms with van der Waals surface area (Å²) in [5.41, 5.74) is 5.07. The van der Waals surface area contributed by atoms with Crippen molar-refractivity contribution in [3.8, 4) is 0 Å². The second-order valence-electron chi connectivity index (χ2n) is 36.1. The molecule has 0 aromatic heterocycles. The number of esters is 1. The number of likely N-dealkylation sites (tertiary alicyclic amines) is 3. The van der Waals surface area contributed by atoms with E-state index in [1.165, 1.54) is 7.11 Å². The molecule has 12 rings (SSSR count). The summed E-state index contributed by atoms with van der Waals surface area (Å²) < 4.78 is 5.18. The van der Waals surface area contributed by atoms with E-state index in [-0.39, 0.29) is 211 Å². The van der Waals surface area contributed by atoms with Crippen molar-refractivity contribution >= 4 is 79.4 Å². The van der Waals surface area contributed by atoms with E-state index in [0.29, 0.717) is 84.1 Å². The van der Waals surface area contributed by atoms with Crippen LogP contribution in [0.3, 0.4) is 0 Å². The summed E-state index contributed by atoms with van der Waals surface area (Å²) in [6.45, 7) is 7.06. The maximum Gasteiger partial charge on any atom is 0.329 e. The van der Waals surface area contributed by atoms with Crippen LogP contribution in [0.15, 0.2) is 182 Å². The molecular weight excluding hydrogens is 2020 g/mol. The van der Waals surface area contributed by atoms with Crippen molar-refractivity contribution in [1.29, 1.82) is 0 Å². The van der Waals surface area contributed by atoms with Gasteiger partial charge < -0.3 is 85.3 Å². The van der Waals surface area contributed by atoms with Crippen LogP contribution in [-0.2, 0) is 192 Å². The maximum absolute atomic E-state index is 14.8. The molecule has 11 N–H and O–H groups in total. The summed E-state index contributed by atoms with van der Waals surface area (Å²) >= 11 is 0. The van der Waals surface area contributed by atoms with Gasteiger partial charge in [0.2, 0.25) is 65.0 Å². The zero-order valence-electron chi connectivity index (χ0n) is 81.8. The molecule has 3 aliphatic carbocycles. The normalized spacial score (nSPS) is 18.2. The van der Waals surface area contributed by atoms with E-state index in [4.69, 9.17) is 4.74 Å². The fraction of sp³-hybridized carbons (Fsp3) is 0.529. The van der Waals surface area contributed by atoms with Crippen LogP contribution in [0, 0.1) is 25.2 Å². The number of hydrogen-bond donors (Lipinski definition) is 11. The zero-order valence-corrected chi connectivity index (χ0v) is 91.6. The Morgan fingerprint density at radius 3 is 0.748 bits per heavy atom. The molecule has 35 heteroatoms. The fourth-order valence-corrected chi connectivity index (χ4v) is 19.9. The molecule has 6 aromatic carbocycles. The third kappa shape index (κ3) is 36.0. The van der Waals surface area contributed by atoms with Crippen molar-refractivity contribution in [3.05, 3.63) is 223 Å². The first-order valence-corrected chi connectivity index (χ1v) is 47.8. The third-order valence-corrected chi connectivity index (χ3v) is 27.6. The van der Waals surface area contributed by atoms with Crippen LogP contribution in [0.1, 0.15) is 232 Å². The van der Waals surface area contributed by atoms with Crippen molar-refractivity contribution in [2.45, 2.75) is 272 Å². The largest absolute Gasteiger partial charge is 0.467 e. The Labute approximate surface area is 909 Å². The van der Waals surface area contributed by atoms with Gasteiger partial charge in [0.05, 0.1) is 25.2 Å². The average molecular weight is 2160 g/mol. The van der Waals surface area contributed by atoms with Crippen LogP contribution in [0.4, 0.5) is 0 Å². The van der Waals surface area contributed by atoms with Gasteiger partial charge >= 0.3 is 5.97 Å². The minimum atomic E-state index is -1.05. The Balaban J connectivity index is 0.00000109. The maximum atomic E-state index is 14.8. The first-order valence-electron chi connectivity index (χ1n) is 47.8. The van der Waals surface area contributed by atoms with E-state index >= 15 is 0 Å². The van der Waals surface area contributed by atoms with Crippen molar-refractivity contribution in [2.75, 3.05) is 61.0 Å². The molecule has 139 heavy (non-hydrogen) atoms. The van der Waals surface area contributed by atoms with Crippen molar-refractivity contribution in [2.24, 2.45) is 17.8 Å². The Hall–Kier alpha value is -7.00. The van der Waals surface area contributed by atoms with Crippen LogP contribution in [0.25, 0.3) is 0 Å². The van der Waals surface area contributed by atoms with E-state index in [9.17, 15) is 57.5 Å². The average Bonchev–Trinajstić information content (AvgIpc) is 1.73. The number of nitrogens with zero attached hydrogens (tertiary/aromatic N) is 3. The van der Waals surface area contributed by atoms with Crippen molar-refractivity contribution < 1.29 is 192 Å². The van der Waals surface area contributed by atoms with Gasteiger partial charge in [-0.05, 0) is 183 Å². The summed E-state index contributed by atoms with van der Waals surface area (Å²) in [6, 6.07) is 48.4. The van der Waals surface area contributed by atoms with Gasteiger partial charge in [-0.2, -0.15) is 0 Å². The molecule has 12 atom stereocenters. The number of likely N-dealkylation sites (N-methyl/N-ethyl adjacent to an activating group) is 3. The number of methoxy groups -OCH3 is 1. The first-order chi connectivity index (χ1) is 63.1. The minimum absolute atomic E-state index is 0. The summed E-state index contributed by atoms with van der Waals surface area (Å²) in [5.74, 6) is -5.74. The number of benzene rings is 6. The number of nitrogens with one attached hydrogen (secondary N) is 11. The van der Waals surface area contributed by atoms with Crippen molar-refractivity contribution in [3.63, 3.8) is 0 Å². The Bertz CT molecular complexity index is 4360. The minimum Gasteiger partial charge on any atom is -0.467 e. The molecule has 3 aliphatic heterocycles. The number of unbranched alkanes of at least 4 members (excludes halogenated alkanes) is 3. The number of ether oxygens (including phenoxy) is 1. The quantitative estimate of drug-likeness (QED) is 0.00737. The Kier molecular flexibility index (Phi) is 61.6. The molecule has 746 valence electrons. The van der Waals surface area contributed by atoms with Crippen LogP contribution in [-0.4, -0.2) is 228 Å². The van der Waals surface area contributed by atoms with Crippen molar-refractivity contribution in [1.82, 2.24) is 73.2 Å². The summed E-state index contributed by atoms with van der Waals surface area (Å²) in [5, 5.41) is 33.6. The van der Waals surface area contributed by atoms with Crippen LogP contribution in [0.5, 0.6) is 0 Å². The van der Waals surface area contributed by atoms with Gasteiger partial charge in [0, 0.05) is 189 Å². The molecule has 3 heterocycles. The van der Waals surface area contributed by atoms with E-state index in [1.807, 2.05) is 182 Å². The predicted octanol–water partition coefficient (Wildman–Crippen LogP) is 9.93. The third-order valence-electron chi connectivity index (χ3n) is 27.6. The monoisotopic (exact) mass is 2160 g/mol. The smallest absolute Gasteiger partial charge is 0.329 e. The SMILES string of the molecule is CN[C@@H](C)C(=O)N[C@H](C(=O)N1CCC[C@H]1C(=O)N[C@H](C(=O)NCCCCCCNC(=O)[C@@H](NC(=O)[C@@H]1CCCN1C(=O)[C@@H](NC(=O)[C@H](C)NC)C1CCCCC1)C(c1ccccc1)c1ccccc1)C(c1ccccc1)c1ccccc1)C1CCCCC1.CN[C@@H](C)C(=O)N[C@H](C(=O)N1CCC[C@H]1C(=O)N[C@H](C(=O)OC)C(c1ccccc1)c1ccccc1)C1CCCCC1.[B].[CH3-].[V].[V].[V].[V].[V].[V].[V]. The standard InChI is InChI=1S/C70H96N10O8.C33H44N4O5.CH3.B.7V/c1-47(71-3)63(81)75-59(53-37-21-11-22-38-53)69(87)79-45-27-41-55(79)65(83)77-61(57(49-29-13-7-14-30-49)50-31-15-8-16-32-50)67(85)73-43-25-5-6-26-44-74-68(86)62(58(51-33-17-9-18-34-51)52-35-19-10-20-36-52)78-66(84)56-42-28-46-80(56)70(88)60(54-39-23-12-24-40-54)76-64(82)48(2)72-4;1-22(34-2)30(38)35-28(25-18-11-6-12-19-25)32(40)37-21-13-20-26(37)31(39)36-29(33(41)42-3)27(23-14-7-4-8-15-23)24-16-9-5-10-17-24;;;;;;;;;/h7-10,13-20,29-36,47-48,53-62,71-72H,5-6,11-12,21-28,37-46H2,1-4H3,(H,73,85)(H,74,86)(H,75,81)(H,76,82)(H,77,83)(H,78,84);4-5,7-10,14-17,22,25-29,34H,6,11-13,18-21H2,1-3H3,(H,35,38)(H,36,39);1H3;;;;;;;;/q;;-1;;;;;;;;/t47-,48-,55-,56-,59-,60-,61-,62-;22-,26-,28-,29-;;;;;;;;;/m00........./s1. The molecule has 0 unspecified atom stereocenters. The van der Waals surface area contributed by atoms with E-state index in [0.717, 1.165) is 143 Å². The molecule has 11 amide bonds. The van der Waals surface area contributed by atoms with Gasteiger partial charge in [-0.1, -0.05) is 253 Å². The van der Waals surface area contributed by atoms with Crippen LogP contribution < -0.4 is 58.5 Å². The number of hydrogen-bond acceptors (Lipinski definition) is 16. The summed E-state index contributed by atoms with van der Waals surface area (Å²) in [7, 11) is 6.42. The Morgan fingerprint density at radius 2 is 0.525 bits per heavy atom. The Morgan fingerprint density at radius 1 is 0.302 bits per heavy atom. The molecule has 6 fully saturated rings. The molecule has 6 aromatic rings. The van der Waals surface area contributed by atoms with E-state index in [1.54, 1.807) is 56.6 Å². The molecular formula is C104H143BN14O13V7-. The second kappa shape index (κ2) is 66.8. The topological polar surface area (TPSA) is 356 Å². The number of carbonyl (C=O) groups excluding carboxylic acids is 12. The zero-order chi connectivity index (χ0) is 92.4. The molecule has 6 aliphatic rings. The second-order valence-corrected chi connectivity index (χ2v) is 36.1. The molecule has 3 saturated carbocycles. The van der Waals surface area contributed by atoms with Gasteiger partial charge in [0.25, 0.3) is 0 Å². The van der Waals surface area contributed by atoms with Gasteiger partial charge in [0.1, 0.15) is 54.4 Å². The van der Waals surface area contributed by atoms with E-state index in [2.05, 4.69) is 58.5 Å². The number of amides is 11. The summed E-state index contributed by atoms with van der Waals surface area (Å²) in [4.78, 5) is 174.